The van der Waals surface area contributed by atoms with E-state index in [9.17, 15) is 14.4 Å². The third-order valence-corrected chi connectivity index (χ3v) is 6.91. The quantitative estimate of drug-likeness (QED) is 0.305. The Bertz CT molecular complexity index is 1360. The maximum Gasteiger partial charge on any atom is 0.293 e. The summed E-state index contributed by atoms with van der Waals surface area (Å²) >= 11 is 13.0. The van der Waals surface area contributed by atoms with Crippen LogP contribution in [-0.4, -0.2) is 41.7 Å². The van der Waals surface area contributed by atoms with Crippen LogP contribution in [0.5, 0.6) is 11.5 Å². The maximum absolute atomic E-state index is 12.7. The van der Waals surface area contributed by atoms with E-state index in [4.69, 9.17) is 32.7 Å². The topological polar surface area (TPSA) is 84.9 Å². The van der Waals surface area contributed by atoms with E-state index < -0.39 is 0 Å². The standard InChI is InChI=1S/C27H22Cl2N2O5S/c1-17-6-9-19(15-22(17)29)30-25(32)16-36-20-10-7-18(8-11-20)14-24-26(33)31(27(34)37-24)12-13-35-23-5-3-2-4-21(23)28/h2-11,14-15H,12-13,16H2,1H3,(H,30,32)/b24-14-. The zero-order valence-corrected chi connectivity index (χ0v) is 22.0. The van der Waals surface area contributed by atoms with E-state index in [1.807, 2.05) is 13.0 Å². The van der Waals surface area contributed by atoms with Gasteiger partial charge in [0.05, 0.1) is 16.5 Å². The second kappa shape index (κ2) is 12.2. The Labute approximate surface area is 228 Å². The average molecular weight is 557 g/mol. The Morgan fingerprint density at radius 2 is 1.76 bits per heavy atom. The molecule has 3 aromatic rings. The third-order valence-electron chi connectivity index (χ3n) is 5.29. The highest BCUT2D eigenvalue weighted by Gasteiger charge is 2.34. The second-order valence-electron chi connectivity index (χ2n) is 7.98. The lowest BCUT2D eigenvalue weighted by Crippen LogP contribution is -2.32. The molecular formula is C27H22Cl2N2O5S. The van der Waals surface area contributed by atoms with Crippen LogP contribution < -0.4 is 14.8 Å². The molecule has 1 fully saturated rings. The molecule has 0 unspecified atom stereocenters. The van der Waals surface area contributed by atoms with Gasteiger partial charge in [-0.2, -0.15) is 0 Å². The Balaban J connectivity index is 1.28. The Morgan fingerprint density at radius 3 is 2.49 bits per heavy atom. The maximum atomic E-state index is 12.7. The lowest BCUT2D eigenvalue weighted by molar-refractivity contribution is -0.123. The van der Waals surface area contributed by atoms with Gasteiger partial charge >= 0.3 is 0 Å². The number of anilines is 1. The summed E-state index contributed by atoms with van der Waals surface area (Å²) in [6.07, 6.45) is 1.64. The molecule has 3 aromatic carbocycles. The molecule has 3 amide bonds. The van der Waals surface area contributed by atoms with Gasteiger partial charge in [-0.1, -0.05) is 53.5 Å². The van der Waals surface area contributed by atoms with Gasteiger partial charge < -0.3 is 14.8 Å². The minimum atomic E-state index is -0.383. The smallest absolute Gasteiger partial charge is 0.293 e. The number of aryl methyl sites for hydroxylation is 1. The van der Waals surface area contributed by atoms with Crippen molar-refractivity contribution in [3.63, 3.8) is 0 Å². The van der Waals surface area contributed by atoms with Gasteiger partial charge in [-0.15, -0.1) is 0 Å². The summed E-state index contributed by atoms with van der Waals surface area (Å²) in [6.45, 7) is 1.94. The van der Waals surface area contributed by atoms with E-state index in [1.165, 1.54) is 0 Å². The molecule has 0 saturated carbocycles. The predicted molar refractivity (Wildman–Crippen MR) is 146 cm³/mol. The Hall–Kier alpha value is -3.46. The van der Waals surface area contributed by atoms with E-state index in [0.717, 1.165) is 22.2 Å². The molecule has 0 spiro atoms. The highest BCUT2D eigenvalue weighted by Crippen LogP contribution is 2.32. The fraction of sp³-hybridized carbons (Fsp3) is 0.148. The summed E-state index contributed by atoms with van der Waals surface area (Å²) in [5, 5.41) is 3.39. The minimum absolute atomic E-state index is 0.108. The third kappa shape index (κ3) is 7.07. The highest BCUT2D eigenvalue weighted by molar-refractivity contribution is 8.18. The van der Waals surface area contributed by atoms with Gasteiger partial charge in [0.2, 0.25) is 0 Å². The highest BCUT2D eigenvalue weighted by atomic mass is 35.5. The number of nitrogens with one attached hydrogen (secondary N) is 1. The molecule has 1 heterocycles. The van der Waals surface area contributed by atoms with Gasteiger partial charge in [0.15, 0.2) is 6.61 Å². The van der Waals surface area contributed by atoms with Gasteiger partial charge in [0.25, 0.3) is 17.1 Å². The molecule has 1 aliphatic rings. The number of thioether (sulfide) groups is 1. The van der Waals surface area contributed by atoms with Crippen molar-refractivity contribution < 1.29 is 23.9 Å². The van der Waals surface area contributed by atoms with Crippen molar-refractivity contribution >= 4 is 63.8 Å². The molecule has 1 saturated heterocycles. The van der Waals surface area contributed by atoms with E-state index in [-0.39, 0.29) is 36.8 Å². The minimum Gasteiger partial charge on any atom is -0.490 e. The largest absolute Gasteiger partial charge is 0.490 e. The number of halogens is 2. The zero-order chi connectivity index (χ0) is 26.4. The van der Waals surface area contributed by atoms with Crippen molar-refractivity contribution in [3.05, 3.63) is 92.8 Å². The predicted octanol–water partition coefficient (Wildman–Crippen LogP) is 6.43. The van der Waals surface area contributed by atoms with Crippen LogP contribution >= 0.6 is 35.0 Å². The number of para-hydroxylation sites is 1. The number of hydrogen-bond donors (Lipinski definition) is 1. The lowest BCUT2D eigenvalue weighted by Gasteiger charge is -2.13. The van der Waals surface area contributed by atoms with Crippen LogP contribution in [0.15, 0.2) is 71.6 Å². The molecule has 0 bridgehead atoms. The summed E-state index contributed by atoms with van der Waals surface area (Å²) in [6, 6.07) is 19.1. The van der Waals surface area contributed by atoms with Gasteiger partial charge in [-0.3, -0.25) is 19.3 Å². The molecule has 4 rings (SSSR count). The molecule has 0 radical (unpaired) electrons. The molecule has 0 aliphatic carbocycles. The van der Waals surface area contributed by atoms with E-state index in [1.54, 1.807) is 66.7 Å². The van der Waals surface area contributed by atoms with Crippen LogP contribution in [-0.2, 0) is 9.59 Å². The van der Waals surface area contributed by atoms with Crippen LogP contribution in [0.3, 0.4) is 0 Å². The number of rotatable bonds is 9. The number of carbonyl (C=O) groups excluding carboxylic acids is 3. The SMILES string of the molecule is Cc1ccc(NC(=O)COc2ccc(/C=C3\SC(=O)N(CCOc4ccccc4Cl)C3=O)cc2)cc1Cl. The van der Waals surface area contributed by atoms with Crippen molar-refractivity contribution in [2.45, 2.75) is 6.92 Å². The van der Waals surface area contributed by atoms with Gasteiger partial charge in [0, 0.05) is 10.7 Å². The second-order valence-corrected chi connectivity index (χ2v) is 9.79. The van der Waals surface area contributed by atoms with Gasteiger partial charge in [-0.25, -0.2) is 0 Å². The number of hydrogen-bond acceptors (Lipinski definition) is 6. The summed E-state index contributed by atoms with van der Waals surface area (Å²) in [5.41, 5.74) is 2.22. The summed E-state index contributed by atoms with van der Waals surface area (Å²) in [7, 11) is 0. The first-order valence-electron chi connectivity index (χ1n) is 11.2. The lowest BCUT2D eigenvalue weighted by atomic mass is 10.2. The first-order chi connectivity index (χ1) is 17.8. The van der Waals surface area contributed by atoms with Crippen molar-refractivity contribution in [2.75, 3.05) is 25.1 Å². The fourth-order valence-corrected chi connectivity index (χ4v) is 4.57. The van der Waals surface area contributed by atoms with Crippen molar-refractivity contribution in [1.82, 2.24) is 4.90 Å². The van der Waals surface area contributed by atoms with Crippen LogP contribution in [0.25, 0.3) is 6.08 Å². The molecule has 7 nitrogen and oxygen atoms in total. The number of benzene rings is 3. The van der Waals surface area contributed by atoms with Crippen LogP contribution in [0.1, 0.15) is 11.1 Å². The number of nitrogens with zero attached hydrogens (tertiary/aromatic N) is 1. The zero-order valence-electron chi connectivity index (χ0n) is 19.7. The number of carbonyl (C=O) groups is 3. The summed E-state index contributed by atoms with van der Waals surface area (Å²) in [4.78, 5) is 38.7. The monoisotopic (exact) mass is 556 g/mol. The number of amides is 3. The summed E-state index contributed by atoms with van der Waals surface area (Å²) in [5.74, 6) is 0.271. The molecule has 37 heavy (non-hydrogen) atoms. The first kappa shape index (κ1) is 26.6. The van der Waals surface area contributed by atoms with E-state index >= 15 is 0 Å². The molecule has 1 N–H and O–H groups in total. The molecule has 0 aromatic heterocycles. The normalized spacial score (nSPS) is 14.2. The number of ether oxygens (including phenoxy) is 2. The van der Waals surface area contributed by atoms with Gasteiger partial charge in [0.1, 0.15) is 18.1 Å². The van der Waals surface area contributed by atoms with Crippen molar-refractivity contribution in [3.8, 4) is 11.5 Å². The van der Waals surface area contributed by atoms with E-state index in [2.05, 4.69) is 5.32 Å². The van der Waals surface area contributed by atoms with Crippen molar-refractivity contribution in [1.29, 1.82) is 0 Å². The molecule has 0 atom stereocenters. The van der Waals surface area contributed by atoms with E-state index in [0.29, 0.717) is 37.7 Å². The summed E-state index contributed by atoms with van der Waals surface area (Å²) < 4.78 is 11.1. The van der Waals surface area contributed by atoms with Crippen molar-refractivity contribution in [2.24, 2.45) is 0 Å². The average Bonchev–Trinajstić information content (AvgIpc) is 3.14. The first-order valence-corrected chi connectivity index (χ1v) is 12.8. The number of imide groups is 1. The molecule has 190 valence electrons. The van der Waals surface area contributed by atoms with Crippen LogP contribution in [0.2, 0.25) is 10.0 Å². The molecule has 1 aliphatic heterocycles. The molecular weight excluding hydrogens is 535 g/mol. The van der Waals surface area contributed by atoms with Crippen LogP contribution in [0.4, 0.5) is 10.5 Å². The van der Waals surface area contributed by atoms with Crippen LogP contribution in [0, 0.1) is 6.92 Å². The van der Waals surface area contributed by atoms with Gasteiger partial charge in [-0.05, 0) is 72.3 Å². The molecule has 10 heteroatoms. The fourth-order valence-electron chi connectivity index (χ4n) is 3.33. The Morgan fingerprint density at radius 1 is 1.00 bits per heavy atom. The Kier molecular flexibility index (Phi) is 8.76.